The van der Waals surface area contributed by atoms with Crippen LogP contribution in [0.3, 0.4) is 0 Å². The fraction of sp³-hybridized carbons (Fsp3) is 0.471. The zero-order chi connectivity index (χ0) is 16.4. The zero-order valence-corrected chi connectivity index (χ0v) is 13.7. The number of nitrogens with zero attached hydrogens (tertiary/aromatic N) is 3. The van der Waals surface area contributed by atoms with Crippen LogP contribution in [-0.4, -0.2) is 34.1 Å². The molecule has 0 saturated carbocycles. The Kier molecular flexibility index (Phi) is 4.43. The second kappa shape index (κ2) is 6.50. The summed E-state index contributed by atoms with van der Waals surface area (Å²) in [5.74, 6) is 0.251. The van der Waals surface area contributed by atoms with Gasteiger partial charge in [-0.3, -0.25) is 4.79 Å². The number of aromatic nitrogens is 3. The molecule has 0 bridgehead atoms. The molecule has 1 aliphatic rings. The number of benzene rings is 1. The van der Waals surface area contributed by atoms with Crippen LogP contribution in [0, 0.1) is 0 Å². The van der Waals surface area contributed by atoms with Gasteiger partial charge in [0.05, 0.1) is 25.5 Å². The average Bonchev–Trinajstić information content (AvgIpc) is 2.95. The van der Waals surface area contributed by atoms with Crippen molar-refractivity contribution >= 4 is 5.91 Å². The Balaban J connectivity index is 1.67. The van der Waals surface area contributed by atoms with Gasteiger partial charge in [0.15, 0.2) is 5.69 Å². The van der Waals surface area contributed by atoms with E-state index in [1.165, 1.54) is 5.56 Å². The molecule has 2 aromatic rings. The molecule has 1 aromatic carbocycles. The van der Waals surface area contributed by atoms with Gasteiger partial charge in [-0.2, -0.15) is 0 Å². The summed E-state index contributed by atoms with van der Waals surface area (Å²) in [5, 5.41) is 10.9. The molecule has 122 valence electrons. The molecule has 6 heteroatoms. The third-order valence-corrected chi connectivity index (χ3v) is 4.16. The Labute approximate surface area is 135 Å². The normalized spacial score (nSPS) is 16.2. The first-order chi connectivity index (χ1) is 11.0. The lowest BCUT2D eigenvalue weighted by molar-refractivity contribution is -0.0293. The van der Waals surface area contributed by atoms with Crippen LogP contribution >= 0.6 is 0 Å². The van der Waals surface area contributed by atoms with E-state index in [4.69, 9.17) is 4.74 Å². The number of ether oxygens (including phenoxy) is 1. The Morgan fingerprint density at radius 2 is 2.04 bits per heavy atom. The summed E-state index contributed by atoms with van der Waals surface area (Å²) in [6.45, 7) is 7.54. The van der Waals surface area contributed by atoms with Crippen molar-refractivity contribution in [2.24, 2.45) is 0 Å². The van der Waals surface area contributed by atoms with Crippen molar-refractivity contribution in [1.29, 1.82) is 0 Å². The maximum absolute atomic E-state index is 12.3. The van der Waals surface area contributed by atoms with Crippen LogP contribution < -0.4 is 5.32 Å². The summed E-state index contributed by atoms with van der Waals surface area (Å²) >= 11 is 0. The van der Waals surface area contributed by atoms with Crippen molar-refractivity contribution in [3.8, 4) is 0 Å². The fourth-order valence-corrected chi connectivity index (χ4v) is 2.48. The van der Waals surface area contributed by atoms with E-state index in [9.17, 15) is 4.79 Å². The van der Waals surface area contributed by atoms with Crippen LogP contribution in [0.1, 0.15) is 60.4 Å². The van der Waals surface area contributed by atoms with Gasteiger partial charge in [-0.1, -0.05) is 43.3 Å². The molecule has 1 N–H and O–H groups in total. The molecule has 1 fully saturated rings. The monoisotopic (exact) mass is 314 g/mol. The molecule has 1 aromatic heterocycles. The number of amides is 1. The van der Waals surface area contributed by atoms with E-state index in [-0.39, 0.29) is 18.0 Å². The van der Waals surface area contributed by atoms with E-state index >= 15 is 0 Å². The smallest absolute Gasteiger partial charge is 0.273 e. The highest BCUT2D eigenvalue weighted by molar-refractivity contribution is 5.92. The maximum atomic E-state index is 12.3. The van der Waals surface area contributed by atoms with Gasteiger partial charge in [0.25, 0.3) is 5.91 Å². The van der Waals surface area contributed by atoms with E-state index in [1.54, 1.807) is 10.9 Å². The van der Waals surface area contributed by atoms with Gasteiger partial charge in [0.2, 0.25) is 0 Å². The number of carbonyl (C=O) groups excluding carboxylic acids is 1. The lowest BCUT2D eigenvalue weighted by Gasteiger charge is -2.25. The fourth-order valence-electron chi connectivity index (χ4n) is 2.48. The second-order valence-corrected chi connectivity index (χ2v) is 6.30. The van der Waals surface area contributed by atoms with Gasteiger partial charge in [-0.15, -0.1) is 5.10 Å². The topological polar surface area (TPSA) is 69.0 Å². The van der Waals surface area contributed by atoms with Crippen molar-refractivity contribution in [2.45, 2.75) is 38.8 Å². The quantitative estimate of drug-likeness (QED) is 0.920. The molecule has 3 rings (SSSR count). The van der Waals surface area contributed by atoms with Crippen LogP contribution in [-0.2, 0) is 4.74 Å². The molecule has 1 saturated heterocycles. The second-order valence-electron chi connectivity index (χ2n) is 6.30. The van der Waals surface area contributed by atoms with Crippen LogP contribution in [0.15, 0.2) is 30.5 Å². The number of rotatable bonds is 5. The molecule has 23 heavy (non-hydrogen) atoms. The molecule has 2 heterocycles. The molecule has 1 atom stereocenters. The molecule has 1 aliphatic heterocycles. The van der Waals surface area contributed by atoms with Crippen molar-refractivity contribution in [3.63, 3.8) is 0 Å². The highest BCUT2D eigenvalue weighted by Gasteiger charge is 2.23. The first kappa shape index (κ1) is 15.7. The van der Waals surface area contributed by atoms with Crippen LogP contribution in [0.2, 0.25) is 0 Å². The van der Waals surface area contributed by atoms with Gasteiger partial charge in [-0.25, -0.2) is 4.68 Å². The number of hydrogen-bond donors (Lipinski definition) is 1. The van der Waals surface area contributed by atoms with E-state index in [2.05, 4.69) is 41.6 Å². The molecule has 1 amide bonds. The van der Waals surface area contributed by atoms with Crippen molar-refractivity contribution in [3.05, 3.63) is 47.3 Å². The van der Waals surface area contributed by atoms with Gasteiger partial charge < -0.3 is 10.1 Å². The minimum absolute atomic E-state index is 0.0848. The first-order valence-electron chi connectivity index (χ1n) is 7.95. The van der Waals surface area contributed by atoms with Gasteiger partial charge in [0, 0.05) is 0 Å². The highest BCUT2D eigenvalue weighted by Crippen LogP contribution is 2.20. The van der Waals surface area contributed by atoms with Crippen LogP contribution in [0.5, 0.6) is 0 Å². The van der Waals surface area contributed by atoms with E-state index in [0.717, 1.165) is 5.56 Å². The molecule has 0 aliphatic carbocycles. The molecule has 0 radical (unpaired) electrons. The summed E-state index contributed by atoms with van der Waals surface area (Å²) in [5.41, 5.74) is 2.69. The lowest BCUT2D eigenvalue weighted by Crippen LogP contribution is -2.31. The Morgan fingerprint density at radius 3 is 2.70 bits per heavy atom. The van der Waals surface area contributed by atoms with E-state index in [1.807, 2.05) is 19.1 Å². The summed E-state index contributed by atoms with van der Waals surface area (Å²) in [4.78, 5) is 12.3. The summed E-state index contributed by atoms with van der Waals surface area (Å²) in [7, 11) is 0. The largest absolute Gasteiger partial charge is 0.377 e. The number of nitrogens with one attached hydrogen (secondary N) is 1. The number of hydrogen-bond acceptors (Lipinski definition) is 4. The van der Waals surface area contributed by atoms with Gasteiger partial charge in [-0.05, 0) is 24.0 Å². The van der Waals surface area contributed by atoms with Crippen molar-refractivity contribution in [2.75, 3.05) is 13.2 Å². The molecule has 1 unspecified atom stereocenters. The minimum Gasteiger partial charge on any atom is -0.377 e. The third kappa shape index (κ3) is 3.42. The molecule has 0 spiro atoms. The third-order valence-electron chi connectivity index (χ3n) is 4.16. The minimum atomic E-state index is -0.209. The zero-order valence-electron chi connectivity index (χ0n) is 13.7. The Bertz CT molecular complexity index is 691. The Hall–Kier alpha value is -2.21. The van der Waals surface area contributed by atoms with E-state index < -0.39 is 0 Å². The van der Waals surface area contributed by atoms with Crippen molar-refractivity contribution in [1.82, 2.24) is 20.3 Å². The lowest BCUT2D eigenvalue weighted by atomic mass is 9.98. The number of carbonyl (C=O) groups is 1. The predicted molar refractivity (Wildman–Crippen MR) is 86.3 cm³/mol. The Morgan fingerprint density at radius 1 is 1.30 bits per heavy atom. The van der Waals surface area contributed by atoms with Crippen LogP contribution in [0.25, 0.3) is 0 Å². The summed E-state index contributed by atoms with van der Waals surface area (Å²) in [6, 6.07) is 8.41. The SMILES string of the molecule is CC(C)c1cccc(C(C)NC(=O)c2cn(C3COC3)nn2)c1. The first-order valence-corrected chi connectivity index (χ1v) is 7.95. The van der Waals surface area contributed by atoms with Crippen molar-refractivity contribution < 1.29 is 9.53 Å². The standard InChI is InChI=1S/C17H22N4O2/c1-11(2)13-5-4-6-14(7-13)12(3)18-17(22)16-8-21(20-19-16)15-9-23-10-15/h4-8,11-12,15H,9-10H2,1-3H3,(H,18,22). The van der Waals surface area contributed by atoms with E-state index in [0.29, 0.717) is 24.8 Å². The van der Waals surface area contributed by atoms with Gasteiger partial charge >= 0.3 is 0 Å². The van der Waals surface area contributed by atoms with Crippen LogP contribution in [0.4, 0.5) is 0 Å². The van der Waals surface area contributed by atoms with Gasteiger partial charge in [0.1, 0.15) is 6.04 Å². The summed E-state index contributed by atoms with van der Waals surface area (Å²) in [6.07, 6.45) is 1.68. The maximum Gasteiger partial charge on any atom is 0.273 e. The molecular formula is C17H22N4O2. The molecule has 6 nitrogen and oxygen atoms in total. The average molecular weight is 314 g/mol. The predicted octanol–water partition coefficient (Wildman–Crippen LogP) is 2.46. The summed E-state index contributed by atoms with van der Waals surface area (Å²) < 4.78 is 6.82. The highest BCUT2D eigenvalue weighted by atomic mass is 16.5. The molecular weight excluding hydrogens is 292 g/mol.